The maximum Gasteiger partial charge on any atom is 0.224 e. The molecule has 1 fully saturated rings. The highest BCUT2D eigenvalue weighted by Gasteiger charge is 2.25. The molecule has 1 aliphatic rings. The molecule has 0 aliphatic carbocycles. The van der Waals surface area contributed by atoms with Crippen LogP contribution in [0.15, 0.2) is 36.7 Å². The number of hydrogen-bond acceptors (Lipinski definition) is 6. The van der Waals surface area contributed by atoms with Crippen molar-refractivity contribution in [1.29, 1.82) is 0 Å². The lowest BCUT2D eigenvalue weighted by atomic mass is 9.96. The van der Waals surface area contributed by atoms with Gasteiger partial charge in [0.05, 0.1) is 0 Å². The molecule has 0 saturated carbocycles. The number of amides is 1. The van der Waals surface area contributed by atoms with E-state index in [0.717, 1.165) is 50.3 Å². The first-order valence-electron chi connectivity index (χ1n) is 10.3. The van der Waals surface area contributed by atoms with E-state index in [0.29, 0.717) is 19.0 Å². The van der Waals surface area contributed by atoms with Crippen LogP contribution in [0.4, 0.5) is 5.82 Å². The van der Waals surface area contributed by atoms with Crippen molar-refractivity contribution < 1.29 is 14.3 Å². The summed E-state index contributed by atoms with van der Waals surface area (Å²) in [6, 6.07) is 9.89. The number of anilines is 1. The average Bonchev–Trinajstić information content (AvgIpc) is 2.77. The summed E-state index contributed by atoms with van der Waals surface area (Å²) in [5.74, 6) is 2.32. The lowest BCUT2D eigenvalue weighted by molar-refractivity contribution is -0.125. The number of methoxy groups -OCH3 is 1. The van der Waals surface area contributed by atoms with Gasteiger partial charge in [-0.2, -0.15) is 0 Å². The van der Waals surface area contributed by atoms with E-state index in [1.54, 1.807) is 7.11 Å². The van der Waals surface area contributed by atoms with Gasteiger partial charge in [-0.3, -0.25) is 4.79 Å². The standard InChI is InChI=1S/C22H30N4O3/c1-3-17-5-7-19(8-6-17)29-21-15-20(24-16-25-21)26-12-9-18(10-13-26)22(27)23-11-4-14-28-2/h5-8,15-16,18H,3-4,9-14H2,1-2H3,(H,23,27). The molecule has 0 spiro atoms. The Morgan fingerprint density at radius 3 is 2.66 bits per heavy atom. The number of carbonyl (C=O) groups excluding carboxylic acids is 1. The predicted octanol–water partition coefficient (Wildman–Crippen LogP) is 3.20. The van der Waals surface area contributed by atoms with Crippen molar-refractivity contribution in [1.82, 2.24) is 15.3 Å². The van der Waals surface area contributed by atoms with Gasteiger partial charge in [-0.1, -0.05) is 19.1 Å². The SMILES string of the molecule is CCc1ccc(Oc2cc(N3CCC(C(=O)NCCCOC)CC3)ncn2)cc1. The molecule has 1 aromatic carbocycles. The molecule has 29 heavy (non-hydrogen) atoms. The molecular formula is C22H30N4O3. The van der Waals surface area contributed by atoms with E-state index in [9.17, 15) is 4.79 Å². The Morgan fingerprint density at radius 2 is 1.97 bits per heavy atom. The number of benzene rings is 1. The zero-order valence-corrected chi connectivity index (χ0v) is 17.3. The van der Waals surface area contributed by atoms with Gasteiger partial charge in [0.2, 0.25) is 11.8 Å². The highest BCUT2D eigenvalue weighted by Crippen LogP contribution is 2.26. The zero-order valence-electron chi connectivity index (χ0n) is 17.3. The largest absolute Gasteiger partial charge is 0.439 e. The van der Waals surface area contributed by atoms with Crippen LogP contribution in [-0.2, 0) is 16.0 Å². The fourth-order valence-electron chi connectivity index (χ4n) is 3.42. The minimum absolute atomic E-state index is 0.0587. The quantitative estimate of drug-likeness (QED) is 0.654. The van der Waals surface area contributed by atoms with Gasteiger partial charge in [0, 0.05) is 45.3 Å². The zero-order chi connectivity index (χ0) is 20.5. The molecule has 7 heteroatoms. The first kappa shape index (κ1) is 21.0. The van der Waals surface area contributed by atoms with Gasteiger partial charge < -0.3 is 19.7 Å². The van der Waals surface area contributed by atoms with Crippen molar-refractivity contribution in [2.45, 2.75) is 32.6 Å². The summed E-state index contributed by atoms with van der Waals surface area (Å²) >= 11 is 0. The third-order valence-corrected chi connectivity index (χ3v) is 5.20. The lowest BCUT2D eigenvalue weighted by Gasteiger charge is -2.32. The normalized spacial score (nSPS) is 14.6. The molecule has 0 radical (unpaired) electrons. The van der Waals surface area contributed by atoms with Crippen LogP contribution < -0.4 is 15.0 Å². The van der Waals surface area contributed by atoms with Crippen molar-refractivity contribution in [2.24, 2.45) is 5.92 Å². The van der Waals surface area contributed by atoms with E-state index in [1.807, 2.05) is 18.2 Å². The number of nitrogens with zero attached hydrogens (tertiary/aromatic N) is 3. The summed E-state index contributed by atoms with van der Waals surface area (Å²) in [7, 11) is 1.67. The van der Waals surface area contributed by atoms with Crippen LogP contribution in [0.2, 0.25) is 0 Å². The van der Waals surface area contributed by atoms with Crippen LogP contribution >= 0.6 is 0 Å². The molecule has 2 aromatic rings. The van der Waals surface area contributed by atoms with Crippen molar-refractivity contribution in [2.75, 3.05) is 38.3 Å². The van der Waals surface area contributed by atoms with Gasteiger partial charge in [-0.15, -0.1) is 0 Å². The number of hydrogen-bond donors (Lipinski definition) is 1. The molecule has 1 amide bonds. The first-order valence-corrected chi connectivity index (χ1v) is 10.3. The Labute approximate surface area is 172 Å². The van der Waals surface area contributed by atoms with Crippen LogP contribution in [0, 0.1) is 5.92 Å². The number of ether oxygens (including phenoxy) is 2. The summed E-state index contributed by atoms with van der Waals surface area (Å²) < 4.78 is 10.9. The number of carbonyl (C=O) groups is 1. The molecule has 1 saturated heterocycles. The van der Waals surface area contributed by atoms with E-state index < -0.39 is 0 Å². The average molecular weight is 399 g/mol. The number of nitrogens with one attached hydrogen (secondary N) is 1. The van der Waals surface area contributed by atoms with Crippen LogP contribution in [0.3, 0.4) is 0 Å². The molecule has 1 N–H and O–H groups in total. The number of piperidine rings is 1. The Bertz CT molecular complexity index is 774. The lowest BCUT2D eigenvalue weighted by Crippen LogP contribution is -2.41. The third-order valence-electron chi connectivity index (χ3n) is 5.20. The molecule has 2 heterocycles. The molecular weight excluding hydrogens is 368 g/mol. The van der Waals surface area contributed by atoms with Gasteiger partial charge in [0.25, 0.3) is 0 Å². The molecule has 1 aromatic heterocycles. The third kappa shape index (κ3) is 6.15. The fourth-order valence-corrected chi connectivity index (χ4v) is 3.42. The van der Waals surface area contributed by atoms with Crippen LogP contribution in [-0.4, -0.2) is 49.2 Å². The smallest absolute Gasteiger partial charge is 0.224 e. The Morgan fingerprint density at radius 1 is 1.21 bits per heavy atom. The van der Waals surface area contributed by atoms with Gasteiger partial charge in [-0.05, 0) is 43.4 Å². The van der Waals surface area contributed by atoms with Gasteiger partial charge >= 0.3 is 0 Å². The first-order chi connectivity index (χ1) is 14.2. The summed E-state index contributed by atoms with van der Waals surface area (Å²) in [5.41, 5.74) is 1.27. The van der Waals surface area contributed by atoms with Gasteiger partial charge in [0.1, 0.15) is 17.9 Å². The summed E-state index contributed by atoms with van der Waals surface area (Å²) in [5, 5.41) is 3.00. The van der Waals surface area contributed by atoms with E-state index in [1.165, 1.54) is 11.9 Å². The predicted molar refractivity (Wildman–Crippen MR) is 112 cm³/mol. The van der Waals surface area contributed by atoms with Crippen molar-refractivity contribution in [3.63, 3.8) is 0 Å². The van der Waals surface area contributed by atoms with E-state index in [-0.39, 0.29) is 11.8 Å². The maximum atomic E-state index is 12.3. The molecule has 7 nitrogen and oxygen atoms in total. The Hall–Kier alpha value is -2.67. The monoisotopic (exact) mass is 398 g/mol. The number of aryl methyl sites for hydroxylation is 1. The molecule has 1 aliphatic heterocycles. The molecule has 156 valence electrons. The van der Waals surface area contributed by atoms with Crippen LogP contribution in [0.25, 0.3) is 0 Å². The van der Waals surface area contributed by atoms with E-state index in [2.05, 4.69) is 39.2 Å². The van der Waals surface area contributed by atoms with Gasteiger partial charge in [-0.25, -0.2) is 9.97 Å². The maximum absolute atomic E-state index is 12.3. The van der Waals surface area contributed by atoms with Crippen LogP contribution in [0.5, 0.6) is 11.6 Å². The van der Waals surface area contributed by atoms with Crippen LogP contribution in [0.1, 0.15) is 31.7 Å². The van der Waals surface area contributed by atoms with E-state index in [4.69, 9.17) is 9.47 Å². The van der Waals surface area contributed by atoms with Crippen molar-refractivity contribution in [3.8, 4) is 11.6 Å². The number of rotatable bonds is 9. The van der Waals surface area contributed by atoms with Gasteiger partial charge in [0.15, 0.2) is 0 Å². The fraction of sp³-hybridized carbons (Fsp3) is 0.500. The van der Waals surface area contributed by atoms with E-state index >= 15 is 0 Å². The Balaban J connectivity index is 1.51. The molecule has 0 bridgehead atoms. The summed E-state index contributed by atoms with van der Waals surface area (Å²) in [4.78, 5) is 23.1. The minimum Gasteiger partial charge on any atom is -0.439 e. The Kier molecular flexibility index (Phi) is 7.81. The highest BCUT2D eigenvalue weighted by molar-refractivity contribution is 5.78. The topological polar surface area (TPSA) is 76.6 Å². The molecule has 3 rings (SSSR count). The second-order valence-corrected chi connectivity index (χ2v) is 7.21. The summed E-state index contributed by atoms with van der Waals surface area (Å²) in [6.45, 7) is 5.04. The number of aromatic nitrogens is 2. The molecule has 0 atom stereocenters. The summed E-state index contributed by atoms with van der Waals surface area (Å²) in [6.07, 6.45) is 4.99. The van der Waals surface area contributed by atoms with Crippen molar-refractivity contribution >= 4 is 11.7 Å². The highest BCUT2D eigenvalue weighted by atomic mass is 16.5. The minimum atomic E-state index is 0.0587. The molecule has 0 unspecified atom stereocenters. The van der Waals surface area contributed by atoms with Crippen molar-refractivity contribution in [3.05, 3.63) is 42.2 Å². The second kappa shape index (κ2) is 10.8. The second-order valence-electron chi connectivity index (χ2n) is 7.21.